The first-order valence-electron chi connectivity index (χ1n) is 8.99. The van der Waals surface area contributed by atoms with Gasteiger partial charge >= 0.3 is 0 Å². The molecule has 3 rings (SSSR count). The third-order valence-electron chi connectivity index (χ3n) is 4.15. The van der Waals surface area contributed by atoms with Gasteiger partial charge in [0.05, 0.1) is 12.7 Å². The number of nitrogens with two attached hydrogens (primary N) is 1. The first-order chi connectivity index (χ1) is 13.5. The average Bonchev–Trinajstić information content (AvgIpc) is 3.03. The van der Waals surface area contributed by atoms with Gasteiger partial charge < -0.3 is 20.4 Å². The Hall–Kier alpha value is -2.83. The summed E-state index contributed by atoms with van der Waals surface area (Å²) in [5, 5.41) is 13.6. The molecule has 0 bridgehead atoms. The summed E-state index contributed by atoms with van der Waals surface area (Å²) in [5.41, 5.74) is 7.84. The van der Waals surface area contributed by atoms with Crippen LogP contribution in [-0.4, -0.2) is 39.2 Å². The standard InChI is InChI=1S/C19H23N7OS/c1-12(2)22-7-4-8-26-18-16(17(21)23-11-24-18)25-19(26)28-15-9-14(27-3)6-5-13(15)10-20/h5-6,9,11-12,22H,4,7-8H2,1-3H3,(H2,21,23,24). The zero-order valence-corrected chi connectivity index (χ0v) is 17.0. The summed E-state index contributed by atoms with van der Waals surface area (Å²) in [6, 6.07) is 8.00. The van der Waals surface area contributed by atoms with Crippen molar-refractivity contribution in [3.63, 3.8) is 0 Å². The summed E-state index contributed by atoms with van der Waals surface area (Å²) in [6.45, 7) is 5.84. The molecule has 0 atom stereocenters. The average molecular weight is 398 g/mol. The van der Waals surface area contributed by atoms with Crippen molar-refractivity contribution in [3.8, 4) is 11.8 Å². The van der Waals surface area contributed by atoms with Crippen LogP contribution in [0.4, 0.5) is 5.82 Å². The molecule has 3 N–H and O–H groups in total. The number of aromatic nitrogens is 4. The van der Waals surface area contributed by atoms with Crippen LogP contribution in [0.2, 0.25) is 0 Å². The van der Waals surface area contributed by atoms with Crippen LogP contribution in [0, 0.1) is 11.3 Å². The molecule has 0 aliphatic carbocycles. The van der Waals surface area contributed by atoms with Crippen LogP contribution in [-0.2, 0) is 6.54 Å². The summed E-state index contributed by atoms with van der Waals surface area (Å²) in [5.74, 6) is 1.03. The number of anilines is 1. The molecule has 0 saturated carbocycles. The Bertz CT molecular complexity index is 1010. The van der Waals surface area contributed by atoms with Crippen LogP contribution < -0.4 is 15.8 Å². The lowest BCUT2D eigenvalue weighted by Gasteiger charge is -2.11. The van der Waals surface area contributed by atoms with Gasteiger partial charge in [-0.25, -0.2) is 15.0 Å². The van der Waals surface area contributed by atoms with E-state index in [1.54, 1.807) is 19.2 Å². The van der Waals surface area contributed by atoms with E-state index >= 15 is 0 Å². The smallest absolute Gasteiger partial charge is 0.175 e. The molecule has 0 aliphatic rings. The fraction of sp³-hybridized carbons (Fsp3) is 0.368. The molecular weight excluding hydrogens is 374 g/mol. The molecule has 0 unspecified atom stereocenters. The molecule has 28 heavy (non-hydrogen) atoms. The van der Waals surface area contributed by atoms with Crippen molar-refractivity contribution < 1.29 is 4.74 Å². The molecule has 0 aliphatic heterocycles. The number of nitrogens with one attached hydrogen (secondary N) is 1. The maximum absolute atomic E-state index is 9.46. The molecule has 2 heterocycles. The molecule has 0 fully saturated rings. The summed E-state index contributed by atoms with van der Waals surface area (Å²) in [4.78, 5) is 13.9. The number of nitrogens with zero attached hydrogens (tertiary/aromatic N) is 5. The van der Waals surface area contributed by atoms with E-state index in [4.69, 9.17) is 10.5 Å². The van der Waals surface area contributed by atoms with Crippen molar-refractivity contribution >= 4 is 28.7 Å². The molecule has 1 aromatic carbocycles. The van der Waals surface area contributed by atoms with Crippen LogP contribution >= 0.6 is 11.8 Å². The number of hydrogen-bond donors (Lipinski definition) is 2. The van der Waals surface area contributed by atoms with Crippen LogP contribution in [0.1, 0.15) is 25.8 Å². The van der Waals surface area contributed by atoms with Crippen LogP contribution in [0.15, 0.2) is 34.6 Å². The summed E-state index contributed by atoms with van der Waals surface area (Å²) in [6.07, 6.45) is 2.35. The number of nitriles is 1. The van der Waals surface area contributed by atoms with Gasteiger partial charge in [0.15, 0.2) is 22.1 Å². The monoisotopic (exact) mass is 397 g/mol. The largest absolute Gasteiger partial charge is 0.497 e. The number of rotatable bonds is 8. The fourth-order valence-electron chi connectivity index (χ4n) is 2.75. The van der Waals surface area contributed by atoms with Gasteiger partial charge in [-0.3, -0.25) is 0 Å². The molecule has 0 radical (unpaired) electrons. The van der Waals surface area contributed by atoms with E-state index in [1.165, 1.54) is 18.1 Å². The molecule has 146 valence electrons. The van der Waals surface area contributed by atoms with E-state index in [9.17, 15) is 5.26 Å². The highest BCUT2D eigenvalue weighted by Crippen LogP contribution is 2.34. The second-order valence-corrected chi connectivity index (χ2v) is 7.52. The number of benzene rings is 1. The van der Waals surface area contributed by atoms with E-state index in [0.717, 1.165) is 29.6 Å². The van der Waals surface area contributed by atoms with Gasteiger partial charge in [0.2, 0.25) is 0 Å². The summed E-state index contributed by atoms with van der Waals surface area (Å²) < 4.78 is 7.33. The second-order valence-electron chi connectivity index (χ2n) is 6.52. The lowest BCUT2D eigenvalue weighted by Crippen LogP contribution is -2.24. The van der Waals surface area contributed by atoms with Crippen molar-refractivity contribution in [2.45, 2.75) is 42.9 Å². The number of methoxy groups -OCH3 is 1. The highest BCUT2D eigenvalue weighted by atomic mass is 32.2. The fourth-order valence-corrected chi connectivity index (χ4v) is 3.77. The van der Waals surface area contributed by atoms with E-state index in [-0.39, 0.29) is 0 Å². The number of fused-ring (bicyclic) bond motifs is 1. The molecular formula is C19H23N7OS. The Morgan fingerprint density at radius 3 is 2.89 bits per heavy atom. The van der Waals surface area contributed by atoms with E-state index in [0.29, 0.717) is 34.3 Å². The Morgan fingerprint density at radius 2 is 2.18 bits per heavy atom. The summed E-state index contributed by atoms with van der Waals surface area (Å²) >= 11 is 1.40. The van der Waals surface area contributed by atoms with Crippen LogP contribution in [0.3, 0.4) is 0 Å². The number of aryl methyl sites for hydroxylation is 1. The van der Waals surface area contributed by atoms with Gasteiger partial charge in [-0.1, -0.05) is 25.6 Å². The Kier molecular flexibility index (Phi) is 6.34. The molecule has 8 nitrogen and oxygen atoms in total. The first kappa shape index (κ1) is 19.9. The molecule has 9 heteroatoms. The maximum atomic E-state index is 9.46. The lowest BCUT2D eigenvalue weighted by atomic mass is 10.2. The molecule has 0 spiro atoms. The van der Waals surface area contributed by atoms with E-state index < -0.39 is 0 Å². The minimum Gasteiger partial charge on any atom is -0.497 e. The molecule has 0 amide bonds. The number of nitrogen functional groups attached to an aromatic ring is 1. The number of ether oxygens (including phenoxy) is 1. The van der Waals surface area contributed by atoms with Crippen molar-refractivity contribution in [1.29, 1.82) is 5.26 Å². The highest BCUT2D eigenvalue weighted by Gasteiger charge is 2.17. The lowest BCUT2D eigenvalue weighted by molar-refractivity contribution is 0.413. The van der Waals surface area contributed by atoms with Crippen molar-refractivity contribution in [2.24, 2.45) is 0 Å². The van der Waals surface area contributed by atoms with Gasteiger partial charge in [0.25, 0.3) is 0 Å². The van der Waals surface area contributed by atoms with Gasteiger partial charge in [-0.05, 0) is 31.2 Å². The van der Waals surface area contributed by atoms with Gasteiger partial charge in [-0.15, -0.1) is 0 Å². The topological polar surface area (TPSA) is 115 Å². The SMILES string of the molecule is COc1ccc(C#N)c(Sc2nc3c(N)ncnc3n2CCCNC(C)C)c1. The Balaban J connectivity index is 1.97. The number of imidazole rings is 1. The predicted octanol–water partition coefficient (Wildman–Crippen LogP) is 2.83. The van der Waals surface area contributed by atoms with Crippen LogP contribution in [0.5, 0.6) is 5.75 Å². The molecule has 2 aromatic heterocycles. The molecule has 0 saturated heterocycles. The Labute approximate surface area is 168 Å². The second kappa shape index (κ2) is 8.91. The van der Waals surface area contributed by atoms with E-state index in [1.807, 2.05) is 10.6 Å². The normalized spacial score (nSPS) is 11.1. The zero-order chi connectivity index (χ0) is 20.1. The third-order valence-corrected chi connectivity index (χ3v) is 5.20. The zero-order valence-electron chi connectivity index (χ0n) is 16.1. The first-order valence-corrected chi connectivity index (χ1v) is 9.81. The van der Waals surface area contributed by atoms with Gasteiger partial charge in [-0.2, -0.15) is 5.26 Å². The van der Waals surface area contributed by atoms with Crippen LogP contribution in [0.25, 0.3) is 11.2 Å². The third kappa shape index (κ3) is 4.35. The summed E-state index contributed by atoms with van der Waals surface area (Å²) in [7, 11) is 1.60. The maximum Gasteiger partial charge on any atom is 0.175 e. The number of hydrogen-bond acceptors (Lipinski definition) is 8. The van der Waals surface area contributed by atoms with Crippen molar-refractivity contribution in [3.05, 3.63) is 30.1 Å². The quantitative estimate of drug-likeness (QED) is 0.558. The van der Waals surface area contributed by atoms with Crippen molar-refractivity contribution in [1.82, 2.24) is 24.8 Å². The predicted molar refractivity (Wildman–Crippen MR) is 109 cm³/mol. The van der Waals surface area contributed by atoms with Gasteiger partial charge in [0.1, 0.15) is 18.1 Å². The van der Waals surface area contributed by atoms with Crippen molar-refractivity contribution in [2.75, 3.05) is 19.4 Å². The minimum atomic E-state index is 0.344. The Morgan fingerprint density at radius 1 is 1.36 bits per heavy atom. The van der Waals surface area contributed by atoms with Gasteiger partial charge in [0, 0.05) is 17.5 Å². The van der Waals surface area contributed by atoms with E-state index in [2.05, 4.69) is 40.2 Å². The molecule has 3 aromatic rings. The minimum absolute atomic E-state index is 0.344. The highest BCUT2D eigenvalue weighted by molar-refractivity contribution is 7.99.